The molecule has 642 valence electrons. The van der Waals surface area contributed by atoms with Gasteiger partial charge in [0.2, 0.25) is 0 Å². The average molecular weight is 1780 g/mol. The molecule has 0 radical (unpaired) electrons. The zero-order valence-electron chi connectivity index (χ0n) is 73.9. The van der Waals surface area contributed by atoms with Crippen molar-refractivity contribution in [1.29, 1.82) is 0 Å². The lowest BCUT2D eigenvalue weighted by Gasteiger charge is -2.21. The number of para-hydroxylation sites is 7. The van der Waals surface area contributed by atoms with Crippen molar-refractivity contribution >= 4 is 185 Å². The summed E-state index contributed by atoms with van der Waals surface area (Å²) in [7, 11) is 0. The van der Waals surface area contributed by atoms with Crippen LogP contribution in [0, 0.1) is 0 Å². The van der Waals surface area contributed by atoms with E-state index in [2.05, 4.69) is 313 Å². The first-order valence-electron chi connectivity index (χ1n) is 46.1. The molecule has 0 aliphatic heterocycles. The topological polar surface area (TPSA) is 145 Å². The summed E-state index contributed by atoms with van der Waals surface area (Å²) in [5.41, 5.74) is 32.5. The quantitative estimate of drug-likeness (QED) is 0.137. The predicted molar refractivity (Wildman–Crippen MR) is 561 cm³/mol. The average Bonchev–Trinajstić information content (AvgIpc) is 1.54. The van der Waals surface area contributed by atoms with E-state index in [1.165, 1.54) is 96.8 Å². The Hall–Kier alpha value is -18.0. The second-order valence-electron chi connectivity index (χ2n) is 35.7. The lowest BCUT2D eigenvalue weighted by Crippen LogP contribution is -2.14. The number of fused-ring (bicyclic) bond motifs is 30. The summed E-state index contributed by atoms with van der Waals surface area (Å²) in [6.07, 6.45) is 0. The van der Waals surface area contributed by atoms with Gasteiger partial charge in [0.25, 0.3) is 0 Å². The molecule has 137 heavy (non-hydrogen) atoms. The van der Waals surface area contributed by atoms with Crippen LogP contribution in [0.5, 0.6) is 0 Å². The van der Waals surface area contributed by atoms with Crippen LogP contribution in [-0.2, 0) is 5.41 Å². The van der Waals surface area contributed by atoms with Gasteiger partial charge in [0.05, 0.1) is 33.1 Å². The largest absolute Gasteiger partial charge is 0.456 e. The van der Waals surface area contributed by atoms with E-state index in [1.54, 1.807) is 0 Å². The van der Waals surface area contributed by atoms with E-state index in [4.69, 9.17) is 47.6 Å². The number of benzene rings is 18. The molecule has 0 spiro atoms. The summed E-state index contributed by atoms with van der Waals surface area (Å²) in [4.78, 5) is 30.4. The van der Waals surface area contributed by atoms with Gasteiger partial charge in [-0.15, -0.1) is 11.3 Å². The number of furan rings is 4. The molecule has 0 fully saturated rings. The first-order chi connectivity index (χ1) is 67.7. The second-order valence-corrected chi connectivity index (χ2v) is 36.8. The van der Waals surface area contributed by atoms with Crippen molar-refractivity contribution in [3.63, 3.8) is 0 Å². The molecule has 30 rings (SSSR count). The lowest BCUT2D eigenvalue weighted by atomic mass is 9.82. The van der Waals surface area contributed by atoms with Crippen LogP contribution in [0.4, 0.5) is 0 Å². The maximum absolute atomic E-state index is 6.45. The Morgan fingerprint density at radius 3 is 1.12 bits per heavy atom. The molecule has 0 saturated heterocycles. The Balaban J connectivity index is 0.000000102. The monoisotopic (exact) mass is 1770 g/mol. The van der Waals surface area contributed by atoms with Crippen molar-refractivity contribution in [1.82, 2.24) is 43.6 Å². The molecule has 0 N–H and O–H groups in total. The van der Waals surface area contributed by atoms with Crippen LogP contribution in [0.15, 0.2) is 436 Å². The van der Waals surface area contributed by atoms with Crippen LogP contribution in [0.3, 0.4) is 0 Å². The summed E-state index contributed by atoms with van der Waals surface area (Å²) < 4.78 is 35.3. The Bertz CT molecular complexity index is 9670. The summed E-state index contributed by atoms with van der Waals surface area (Å²) in [6.45, 7) is 4.69. The smallest absolute Gasteiger partial charge is 0.180 e. The summed E-state index contributed by atoms with van der Waals surface area (Å²) in [5, 5.41) is 15.3. The third-order valence-electron chi connectivity index (χ3n) is 27.6. The minimum Gasteiger partial charge on any atom is -0.456 e. The van der Waals surface area contributed by atoms with E-state index in [0.717, 1.165) is 150 Å². The molecule has 18 aromatic carbocycles. The fourth-order valence-electron chi connectivity index (χ4n) is 21.5. The van der Waals surface area contributed by atoms with Gasteiger partial charge >= 0.3 is 0 Å². The molecule has 13 nitrogen and oxygen atoms in total. The Kier molecular flexibility index (Phi) is 17.3. The molecular weight excluding hydrogens is 1700 g/mol. The van der Waals surface area contributed by atoms with Gasteiger partial charge in [0, 0.05) is 135 Å². The molecule has 1 aliphatic rings. The Morgan fingerprint density at radius 1 is 0.226 bits per heavy atom. The second kappa shape index (κ2) is 30.5. The number of rotatable bonds is 9. The third kappa shape index (κ3) is 12.1. The van der Waals surface area contributed by atoms with Crippen LogP contribution in [0.25, 0.3) is 270 Å². The number of nitrogens with zero attached hydrogens (tertiary/aromatic N) is 9. The summed E-state index contributed by atoms with van der Waals surface area (Å²) in [5.74, 6) is 2.03. The number of hydrogen-bond acceptors (Lipinski definition) is 11. The molecule has 0 amide bonds. The number of aromatic nitrogens is 9. The minimum absolute atomic E-state index is 0.0525. The fraction of sp³-hybridized carbons (Fsp3) is 0.0244. The Morgan fingerprint density at radius 2 is 0.606 bits per heavy atom. The van der Waals surface area contributed by atoms with Crippen LogP contribution < -0.4 is 0 Å². The highest BCUT2D eigenvalue weighted by molar-refractivity contribution is 7.26. The molecule has 29 aromatic rings. The highest BCUT2D eigenvalue weighted by Gasteiger charge is 2.38. The van der Waals surface area contributed by atoms with Gasteiger partial charge < -0.3 is 31.4 Å². The van der Waals surface area contributed by atoms with Crippen molar-refractivity contribution in [2.24, 2.45) is 0 Å². The van der Waals surface area contributed by atoms with Crippen molar-refractivity contribution in [2.75, 3.05) is 0 Å². The van der Waals surface area contributed by atoms with Crippen molar-refractivity contribution in [3.8, 4) is 96.1 Å². The number of thiophene rings is 1. The van der Waals surface area contributed by atoms with E-state index in [-0.39, 0.29) is 5.41 Å². The lowest BCUT2D eigenvalue weighted by molar-refractivity contribution is 0.661. The van der Waals surface area contributed by atoms with Gasteiger partial charge in [-0.2, -0.15) is 0 Å². The normalized spacial score (nSPS) is 12.5. The molecule has 0 unspecified atom stereocenters. The SMILES string of the molecule is CC1(C)c2ccccc2-c2c1ccc1c2c2ccccc2n1-c1ccc(-c2nc(-c3ccccc3)nc3c2oc2ccccc23)cc1.c1ccc(-c2nc(-c3cccc(-n4c5ccccc5c5c6c(ccc54)oc4ccccc46)c3)c3oc4ccccc4c3n2)cc1.c1ccc(-c2nc(-c3cccc(-n4c5ccccc5c5c6c(ccc54)sc4ccccc46)c3)c3oc4ccccc4c3n2)cc1. The highest BCUT2D eigenvalue weighted by Crippen LogP contribution is 2.55. The first-order valence-corrected chi connectivity index (χ1v) is 46.9. The van der Waals surface area contributed by atoms with E-state index in [0.29, 0.717) is 34.2 Å². The maximum Gasteiger partial charge on any atom is 0.180 e. The zero-order valence-corrected chi connectivity index (χ0v) is 74.7. The van der Waals surface area contributed by atoms with Gasteiger partial charge in [-0.1, -0.05) is 299 Å². The van der Waals surface area contributed by atoms with Gasteiger partial charge in [-0.05, 0) is 156 Å². The van der Waals surface area contributed by atoms with Crippen molar-refractivity contribution < 1.29 is 17.7 Å². The molecule has 1 aliphatic carbocycles. The molecule has 0 atom stereocenters. The van der Waals surface area contributed by atoms with E-state index >= 15 is 0 Å². The molecule has 0 bridgehead atoms. The van der Waals surface area contributed by atoms with Crippen LogP contribution >= 0.6 is 11.3 Å². The van der Waals surface area contributed by atoms with Crippen LogP contribution in [0.1, 0.15) is 25.0 Å². The molecule has 0 saturated carbocycles. The van der Waals surface area contributed by atoms with E-state index < -0.39 is 0 Å². The standard InChI is InChI=1S/C43H29N3O.C40H23N3O2.C40H23N3OS/c1-43(2)32-17-9-6-14-29(32)37-33(43)24-25-35-38(37)30-15-7-10-18-34(30)46(35)28-22-20-26(21-23-28)39-41-40(31-16-8-11-19-36(31)47-41)45-42(44-39)27-12-4-3-5-13-27;1-2-11-24(12-3-1)40-41-37(39-38(42-40)29-17-6-9-20-33(29)45-39)25-13-10-14-26(23-25)43-30-18-7-4-15-27(30)35-31(43)21-22-34-36(35)28-16-5-8-19-32(28)44-34;1-2-11-24(12-3-1)40-41-37(39-38(42-40)28-16-5-8-19-32(28)44-39)25-13-10-14-26(23-25)43-30-18-7-4-15-27(30)35-31(43)21-22-34-36(35)29-17-6-9-20-33(29)45-34/h3-25H,1-2H3;2*1-23H. The first kappa shape index (κ1) is 77.8. The van der Waals surface area contributed by atoms with Gasteiger partial charge in [-0.3, -0.25) is 0 Å². The van der Waals surface area contributed by atoms with Gasteiger partial charge in [0.15, 0.2) is 34.2 Å². The van der Waals surface area contributed by atoms with Crippen molar-refractivity contribution in [3.05, 3.63) is 430 Å². The fourth-order valence-corrected chi connectivity index (χ4v) is 22.6. The zero-order chi connectivity index (χ0) is 90.2. The van der Waals surface area contributed by atoms with Crippen LogP contribution in [0.2, 0.25) is 0 Å². The number of hydrogen-bond donors (Lipinski definition) is 0. The summed E-state index contributed by atoms with van der Waals surface area (Å²) >= 11 is 1.86. The Labute approximate surface area is 786 Å². The third-order valence-corrected chi connectivity index (χ3v) is 28.8. The maximum atomic E-state index is 6.45. The van der Waals surface area contributed by atoms with Crippen LogP contribution in [-0.4, -0.2) is 43.6 Å². The molecule has 14 heteroatoms. The minimum atomic E-state index is -0.0525. The predicted octanol–water partition coefficient (Wildman–Crippen LogP) is 33.0. The highest BCUT2D eigenvalue weighted by atomic mass is 32.1. The van der Waals surface area contributed by atoms with E-state index in [9.17, 15) is 0 Å². The van der Waals surface area contributed by atoms with Gasteiger partial charge in [0.1, 0.15) is 61.5 Å². The van der Waals surface area contributed by atoms with Gasteiger partial charge in [-0.25, -0.2) is 29.9 Å². The molecule has 11 heterocycles. The van der Waals surface area contributed by atoms with Crippen molar-refractivity contribution in [2.45, 2.75) is 19.3 Å². The summed E-state index contributed by atoms with van der Waals surface area (Å²) in [6, 6.07) is 146. The molecule has 11 aromatic heterocycles. The van der Waals surface area contributed by atoms with E-state index in [1.807, 2.05) is 145 Å². The molecular formula is C123H75N9O4S.